The highest BCUT2D eigenvalue weighted by Crippen LogP contribution is 2.32. The third-order valence-corrected chi connectivity index (χ3v) is 4.69. The predicted molar refractivity (Wildman–Crippen MR) is 78.6 cm³/mol. The van der Waals surface area contributed by atoms with Crippen LogP contribution in [0.5, 0.6) is 0 Å². The molecule has 20 heavy (non-hydrogen) atoms. The molecule has 3 rings (SSSR count). The average molecular weight is 278 g/mol. The Hall–Kier alpha value is -1.13. The molecule has 110 valence electrons. The fourth-order valence-corrected chi connectivity index (χ4v) is 3.50. The minimum atomic E-state index is -0.637. The highest BCUT2D eigenvalue weighted by Gasteiger charge is 2.31. The molecule has 0 aromatic heterocycles. The van der Waals surface area contributed by atoms with E-state index in [0.717, 1.165) is 25.3 Å². The Morgan fingerprint density at radius 3 is 2.85 bits per heavy atom. The molecule has 0 bridgehead atoms. The molecular formula is C16H23FN2O. The van der Waals surface area contributed by atoms with Crippen molar-refractivity contribution in [2.45, 2.75) is 38.8 Å². The largest absolute Gasteiger partial charge is 0.389 e. The van der Waals surface area contributed by atoms with Crippen molar-refractivity contribution in [3.05, 3.63) is 29.1 Å². The first-order valence-electron chi connectivity index (χ1n) is 7.53. The summed E-state index contributed by atoms with van der Waals surface area (Å²) in [5.41, 5.74) is 2.36. The first-order valence-corrected chi connectivity index (χ1v) is 7.53. The quantitative estimate of drug-likeness (QED) is 0.900. The number of fused-ring (bicyclic) bond motifs is 1. The first-order chi connectivity index (χ1) is 9.56. The normalized spacial score (nSPS) is 24.8. The molecule has 3 nitrogen and oxygen atoms in total. The zero-order valence-corrected chi connectivity index (χ0v) is 12.3. The number of halogens is 1. The number of aliphatic hydroxyl groups is 1. The summed E-state index contributed by atoms with van der Waals surface area (Å²) in [6.07, 6.45) is 1.90. The number of benzene rings is 1. The molecular weight excluding hydrogens is 255 g/mol. The molecule has 0 radical (unpaired) electrons. The van der Waals surface area contributed by atoms with E-state index in [9.17, 15) is 9.50 Å². The van der Waals surface area contributed by atoms with Crippen LogP contribution in [0.25, 0.3) is 0 Å². The molecule has 1 aromatic rings. The van der Waals surface area contributed by atoms with E-state index in [1.165, 1.54) is 25.5 Å². The van der Waals surface area contributed by atoms with Crippen LogP contribution in [-0.2, 0) is 0 Å². The van der Waals surface area contributed by atoms with E-state index in [4.69, 9.17) is 0 Å². The molecule has 0 spiro atoms. The highest BCUT2D eigenvalue weighted by molar-refractivity contribution is 5.57. The molecule has 0 amide bonds. The van der Waals surface area contributed by atoms with Gasteiger partial charge in [0.25, 0.3) is 0 Å². The molecule has 4 heteroatoms. The molecule has 0 aliphatic carbocycles. The first kappa shape index (κ1) is 13.8. The van der Waals surface area contributed by atoms with Gasteiger partial charge in [0.15, 0.2) is 0 Å². The van der Waals surface area contributed by atoms with Crippen molar-refractivity contribution < 1.29 is 9.50 Å². The van der Waals surface area contributed by atoms with Crippen LogP contribution in [0, 0.1) is 12.7 Å². The number of piperazine rings is 1. The van der Waals surface area contributed by atoms with Crippen molar-refractivity contribution in [3.8, 4) is 0 Å². The van der Waals surface area contributed by atoms with Crippen LogP contribution in [0.3, 0.4) is 0 Å². The number of hydrogen-bond acceptors (Lipinski definition) is 3. The number of aliphatic hydroxyl groups excluding tert-OH is 1. The molecule has 2 fully saturated rings. The lowest BCUT2D eigenvalue weighted by molar-refractivity contribution is 0.197. The topological polar surface area (TPSA) is 26.7 Å². The van der Waals surface area contributed by atoms with E-state index in [1.807, 2.05) is 6.07 Å². The third kappa shape index (κ3) is 2.42. The van der Waals surface area contributed by atoms with Crippen molar-refractivity contribution in [1.29, 1.82) is 0 Å². The zero-order valence-electron chi connectivity index (χ0n) is 12.3. The van der Waals surface area contributed by atoms with Crippen LogP contribution in [-0.4, -0.2) is 42.2 Å². The Labute approximate surface area is 120 Å². The molecule has 2 heterocycles. The summed E-state index contributed by atoms with van der Waals surface area (Å²) < 4.78 is 13.8. The number of hydrogen-bond donors (Lipinski definition) is 1. The molecule has 2 atom stereocenters. The van der Waals surface area contributed by atoms with Crippen LogP contribution in [0.2, 0.25) is 0 Å². The lowest BCUT2D eigenvalue weighted by atomic mass is 10.0. The Kier molecular flexibility index (Phi) is 3.69. The van der Waals surface area contributed by atoms with Crippen molar-refractivity contribution in [1.82, 2.24) is 4.90 Å². The van der Waals surface area contributed by atoms with E-state index in [1.54, 1.807) is 13.8 Å². The van der Waals surface area contributed by atoms with E-state index in [2.05, 4.69) is 9.80 Å². The van der Waals surface area contributed by atoms with E-state index in [0.29, 0.717) is 17.2 Å². The van der Waals surface area contributed by atoms with Crippen LogP contribution in [0.1, 0.15) is 37.0 Å². The molecule has 2 aliphatic rings. The number of rotatable bonds is 2. The van der Waals surface area contributed by atoms with Gasteiger partial charge in [-0.05, 0) is 50.9 Å². The maximum atomic E-state index is 13.8. The predicted octanol–water partition coefficient (Wildman–Crippen LogP) is 2.47. The Balaban J connectivity index is 1.91. The zero-order chi connectivity index (χ0) is 14.3. The van der Waals surface area contributed by atoms with E-state index in [-0.39, 0.29) is 5.82 Å². The third-order valence-electron chi connectivity index (χ3n) is 4.69. The van der Waals surface area contributed by atoms with Gasteiger partial charge in [0.2, 0.25) is 0 Å². The fourth-order valence-electron chi connectivity index (χ4n) is 3.50. The van der Waals surface area contributed by atoms with Crippen molar-refractivity contribution in [2.24, 2.45) is 0 Å². The summed E-state index contributed by atoms with van der Waals surface area (Å²) in [7, 11) is 0. The lowest BCUT2D eigenvalue weighted by Crippen LogP contribution is -2.50. The van der Waals surface area contributed by atoms with Gasteiger partial charge in [-0.3, -0.25) is 4.90 Å². The molecule has 2 saturated heterocycles. The van der Waals surface area contributed by atoms with E-state index >= 15 is 0 Å². The van der Waals surface area contributed by atoms with E-state index < -0.39 is 6.10 Å². The lowest BCUT2D eigenvalue weighted by Gasteiger charge is -2.40. The fraction of sp³-hybridized carbons (Fsp3) is 0.625. The Morgan fingerprint density at radius 1 is 1.30 bits per heavy atom. The van der Waals surface area contributed by atoms with Gasteiger partial charge >= 0.3 is 0 Å². The van der Waals surface area contributed by atoms with Gasteiger partial charge in [0.05, 0.1) is 6.10 Å². The number of aryl methyl sites for hydroxylation is 1. The van der Waals surface area contributed by atoms with Crippen molar-refractivity contribution >= 4 is 5.69 Å². The summed E-state index contributed by atoms with van der Waals surface area (Å²) in [6.45, 7) is 7.73. The van der Waals surface area contributed by atoms with Crippen LogP contribution < -0.4 is 4.90 Å². The van der Waals surface area contributed by atoms with Gasteiger partial charge in [-0.1, -0.05) is 0 Å². The second kappa shape index (κ2) is 5.34. The number of nitrogens with zero attached hydrogens (tertiary/aromatic N) is 2. The van der Waals surface area contributed by atoms with Gasteiger partial charge in [0, 0.05) is 36.9 Å². The smallest absolute Gasteiger partial charge is 0.126 e. The van der Waals surface area contributed by atoms with Crippen LogP contribution in [0.15, 0.2) is 12.1 Å². The molecule has 1 aromatic carbocycles. The van der Waals surface area contributed by atoms with Crippen molar-refractivity contribution in [3.63, 3.8) is 0 Å². The van der Waals surface area contributed by atoms with Crippen LogP contribution >= 0.6 is 0 Å². The molecule has 0 saturated carbocycles. The van der Waals surface area contributed by atoms with Crippen molar-refractivity contribution in [2.75, 3.05) is 31.1 Å². The Bertz CT molecular complexity index is 503. The maximum absolute atomic E-state index is 13.8. The second-order valence-corrected chi connectivity index (χ2v) is 6.11. The Morgan fingerprint density at radius 2 is 2.10 bits per heavy atom. The number of anilines is 1. The van der Waals surface area contributed by atoms with Gasteiger partial charge in [-0.15, -0.1) is 0 Å². The second-order valence-electron chi connectivity index (χ2n) is 6.11. The molecule has 1 unspecified atom stereocenters. The van der Waals surface area contributed by atoms with Gasteiger partial charge in [-0.2, -0.15) is 0 Å². The molecule has 1 N–H and O–H groups in total. The standard InChI is InChI=1S/C16H23FN2O/c1-11-8-16(14(12(2)20)9-15(11)17)19-7-6-18-5-3-4-13(18)10-19/h8-9,12-13,20H,3-7,10H2,1-2H3/t12-,13?/m1/s1. The minimum absolute atomic E-state index is 0.232. The summed E-state index contributed by atoms with van der Waals surface area (Å²) in [5, 5.41) is 9.93. The monoisotopic (exact) mass is 278 g/mol. The maximum Gasteiger partial charge on any atom is 0.126 e. The SMILES string of the molecule is Cc1cc(N2CCN3CCCC3C2)c([C@@H](C)O)cc1F. The van der Waals surface area contributed by atoms with Gasteiger partial charge < -0.3 is 10.0 Å². The molecule has 2 aliphatic heterocycles. The summed E-state index contributed by atoms with van der Waals surface area (Å²) in [4.78, 5) is 4.87. The summed E-state index contributed by atoms with van der Waals surface area (Å²) in [5.74, 6) is -0.232. The summed E-state index contributed by atoms with van der Waals surface area (Å²) in [6, 6.07) is 4.01. The average Bonchev–Trinajstić information content (AvgIpc) is 2.88. The van der Waals surface area contributed by atoms with Gasteiger partial charge in [-0.25, -0.2) is 4.39 Å². The van der Waals surface area contributed by atoms with Crippen LogP contribution in [0.4, 0.5) is 10.1 Å². The highest BCUT2D eigenvalue weighted by atomic mass is 19.1. The van der Waals surface area contributed by atoms with Gasteiger partial charge in [0.1, 0.15) is 5.82 Å². The summed E-state index contributed by atoms with van der Waals surface area (Å²) >= 11 is 0. The minimum Gasteiger partial charge on any atom is -0.389 e.